The van der Waals surface area contributed by atoms with Crippen LogP contribution in [0.3, 0.4) is 0 Å². The van der Waals surface area contributed by atoms with Crippen LogP contribution in [0.5, 0.6) is 11.5 Å². The molecule has 1 N–H and O–H groups in total. The molecule has 0 saturated carbocycles. The van der Waals surface area contributed by atoms with Gasteiger partial charge in [-0.15, -0.1) is 0 Å². The van der Waals surface area contributed by atoms with Crippen molar-refractivity contribution >= 4 is 28.0 Å². The van der Waals surface area contributed by atoms with Crippen molar-refractivity contribution in [2.45, 2.75) is 0 Å². The molecule has 0 aliphatic carbocycles. The van der Waals surface area contributed by atoms with Gasteiger partial charge in [-0.05, 0) is 17.7 Å². The minimum absolute atomic E-state index is 0.180. The number of aromatic carboxylic acids is 1. The van der Waals surface area contributed by atoms with E-state index in [1.165, 1.54) is 20.3 Å². The normalized spacial score (nSPS) is 10.5. The summed E-state index contributed by atoms with van der Waals surface area (Å²) in [5.74, 6) is -0.0900. The number of allylic oxidation sites excluding steroid dienone is 1. The molecule has 0 amide bonds. The predicted octanol–water partition coefficient (Wildman–Crippen LogP) is 2.81. The molecule has 0 heterocycles. The van der Waals surface area contributed by atoms with Crippen LogP contribution < -0.4 is 9.47 Å². The molecular weight excluding hydrogens is 288 g/mol. The molecule has 0 bridgehead atoms. The number of carbonyl (C=O) groups is 1. The first kappa shape index (κ1) is 13.6. The highest BCUT2D eigenvalue weighted by molar-refractivity contribution is 9.09. The third kappa shape index (κ3) is 3.23. The largest absolute Gasteiger partial charge is 0.493 e. The lowest BCUT2D eigenvalue weighted by atomic mass is 10.1. The summed E-state index contributed by atoms with van der Waals surface area (Å²) in [5.41, 5.74) is 0.759. The van der Waals surface area contributed by atoms with Crippen LogP contribution in [0, 0.1) is 0 Å². The first-order valence-electron chi connectivity index (χ1n) is 4.85. The van der Waals surface area contributed by atoms with Crippen LogP contribution in [0.2, 0.25) is 0 Å². The molecule has 17 heavy (non-hydrogen) atoms. The maximum absolute atomic E-state index is 11.1. The minimum Gasteiger partial charge on any atom is -0.493 e. The van der Waals surface area contributed by atoms with E-state index in [2.05, 4.69) is 15.9 Å². The van der Waals surface area contributed by atoms with E-state index >= 15 is 0 Å². The zero-order valence-electron chi connectivity index (χ0n) is 9.57. The first-order valence-corrected chi connectivity index (χ1v) is 5.98. The average molecular weight is 301 g/mol. The van der Waals surface area contributed by atoms with E-state index in [9.17, 15) is 4.79 Å². The van der Waals surface area contributed by atoms with Gasteiger partial charge in [-0.25, -0.2) is 4.79 Å². The van der Waals surface area contributed by atoms with Crippen molar-refractivity contribution in [3.05, 3.63) is 29.3 Å². The second-order valence-corrected chi connectivity index (χ2v) is 3.80. The Balaban J connectivity index is 3.34. The van der Waals surface area contributed by atoms with Gasteiger partial charge in [0.25, 0.3) is 0 Å². The molecule has 0 atom stereocenters. The lowest BCUT2D eigenvalue weighted by Gasteiger charge is -2.10. The van der Waals surface area contributed by atoms with Crippen LogP contribution in [0.25, 0.3) is 6.08 Å². The molecule has 0 spiro atoms. The van der Waals surface area contributed by atoms with E-state index in [0.29, 0.717) is 22.4 Å². The molecule has 0 radical (unpaired) electrons. The maximum atomic E-state index is 11.1. The summed E-state index contributed by atoms with van der Waals surface area (Å²) in [6, 6.07) is 3.09. The lowest BCUT2D eigenvalue weighted by Crippen LogP contribution is -2.02. The summed E-state index contributed by atoms with van der Waals surface area (Å²) < 4.78 is 10.2. The Hall–Kier alpha value is -1.49. The SMILES string of the molecule is COc1cc(C=CCBr)c(C(=O)O)cc1OC. The monoisotopic (exact) mass is 300 g/mol. The fourth-order valence-corrected chi connectivity index (χ4v) is 1.58. The van der Waals surface area contributed by atoms with Crippen LogP contribution in [0.1, 0.15) is 15.9 Å². The van der Waals surface area contributed by atoms with E-state index in [4.69, 9.17) is 14.6 Å². The molecule has 0 aliphatic heterocycles. The molecule has 4 nitrogen and oxygen atoms in total. The number of carboxylic acids is 1. The standard InChI is InChI=1S/C12H13BrO4/c1-16-10-6-8(4-3-5-13)9(12(14)15)7-11(10)17-2/h3-4,6-7H,5H2,1-2H3,(H,14,15). The van der Waals surface area contributed by atoms with Gasteiger partial charge in [-0.2, -0.15) is 0 Å². The molecule has 1 aromatic rings. The van der Waals surface area contributed by atoms with Gasteiger partial charge in [-0.3, -0.25) is 0 Å². The molecule has 1 rings (SSSR count). The molecule has 5 heteroatoms. The number of alkyl halides is 1. The number of ether oxygens (including phenoxy) is 2. The molecule has 0 unspecified atom stereocenters. The third-order valence-electron chi connectivity index (χ3n) is 2.17. The Kier molecular flexibility index (Phi) is 5.03. The number of carboxylic acid groups (broad SMARTS) is 1. The van der Waals surface area contributed by atoms with Gasteiger partial charge in [0, 0.05) is 5.33 Å². The van der Waals surface area contributed by atoms with Gasteiger partial charge in [0.15, 0.2) is 11.5 Å². The summed E-state index contributed by atoms with van der Waals surface area (Å²) >= 11 is 3.24. The molecule has 0 saturated heterocycles. The van der Waals surface area contributed by atoms with Gasteiger partial charge >= 0.3 is 5.97 Å². The molecule has 92 valence electrons. The smallest absolute Gasteiger partial charge is 0.336 e. The lowest BCUT2D eigenvalue weighted by molar-refractivity contribution is 0.0696. The van der Waals surface area contributed by atoms with E-state index in [1.807, 2.05) is 6.08 Å². The highest BCUT2D eigenvalue weighted by atomic mass is 79.9. The zero-order chi connectivity index (χ0) is 12.8. The van der Waals surface area contributed by atoms with E-state index in [1.54, 1.807) is 12.1 Å². The van der Waals surface area contributed by atoms with Gasteiger partial charge in [0.05, 0.1) is 19.8 Å². The summed E-state index contributed by atoms with van der Waals surface area (Å²) in [4.78, 5) is 11.1. The quantitative estimate of drug-likeness (QED) is 0.850. The Bertz CT molecular complexity index is 440. The third-order valence-corrected chi connectivity index (χ3v) is 2.55. The summed E-state index contributed by atoms with van der Waals surface area (Å²) in [7, 11) is 2.98. The molecular formula is C12H13BrO4. The minimum atomic E-state index is -1.000. The first-order chi connectivity index (χ1) is 8.13. The second kappa shape index (κ2) is 6.30. The summed E-state index contributed by atoms with van der Waals surface area (Å²) in [5, 5.41) is 9.76. The van der Waals surface area contributed by atoms with Crippen LogP contribution in [-0.4, -0.2) is 30.6 Å². The van der Waals surface area contributed by atoms with Crippen LogP contribution in [0.15, 0.2) is 18.2 Å². The Morgan fingerprint density at radius 3 is 2.41 bits per heavy atom. The van der Waals surface area contributed by atoms with Crippen molar-refractivity contribution in [1.82, 2.24) is 0 Å². The number of hydrogen-bond acceptors (Lipinski definition) is 3. The highest BCUT2D eigenvalue weighted by Crippen LogP contribution is 2.31. The zero-order valence-corrected chi connectivity index (χ0v) is 11.2. The Labute approximate surface area is 108 Å². The van der Waals surface area contributed by atoms with Gasteiger partial charge in [0.1, 0.15) is 0 Å². The van der Waals surface area contributed by atoms with E-state index < -0.39 is 5.97 Å². The number of hydrogen-bond donors (Lipinski definition) is 1. The van der Waals surface area contributed by atoms with Crippen molar-refractivity contribution < 1.29 is 19.4 Å². The Morgan fingerprint density at radius 1 is 1.35 bits per heavy atom. The van der Waals surface area contributed by atoms with Crippen LogP contribution >= 0.6 is 15.9 Å². The van der Waals surface area contributed by atoms with Crippen molar-refractivity contribution in [1.29, 1.82) is 0 Å². The fraction of sp³-hybridized carbons (Fsp3) is 0.250. The molecule has 0 aliphatic rings. The van der Waals surface area contributed by atoms with Gasteiger partial charge in [-0.1, -0.05) is 28.1 Å². The highest BCUT2D eigenvalue weighted by Gasteiger charge is 2.14. The fourth-order valence-electron chi connectivity index (χ4n) is 1.39. The predicted molar refractivity (Wildman–Crippen MR) is 69.3 cm³/mol. The maximum Gasteiger partial charge on any atom is 0.336 e. The summed E-state index contributed by atoms with van der Waals surface area (Å²) in [6.45, 7) is 0. The second-order valence-electron chi connectivity index (χ2n) is 3.16. The van der Waals surface area contributed by atoms with E-state index in [-0.39, 0.29) is 5.56 Å². The van der Waals surface area contributed by atoms with Crippen molar-refractivity contribution in [3.8, 4) is 11.5 Å². The van der Waals surface area contributed by atoms with Crippen molar-refractivity contribution in [3.63, 3.8) is 0 Å². The van der Waals surface area contributed by atoms with Crippen LogP contribution in [0.4, 0.5) is 0 Å². The molecule has 1 aromatic carbocycles. The molecule has 0 fully saturated rings. The Morgan fingerprint density at radius 2 is 1.94 bits per heavy atom. The number of halogens is 1. The van der Waals surface area contributed by atoms with Crippen molar-refractivity contribution in [2.24, 2.45) is 0 Å². The number of rotatable bonds is 5. The topological polar surface area (TPSA) is 55.8 Å². The van der Waals surface area contributed by atoms with Crippen molar-refractivity contribution in [2.75, 3.05) is 19.5 Å². The van der Waals surface area contributed by atoms with Gasteiger partial charge < -0.3 is 14.6 Å². The average Bonchev–Trinajstić information content (AvgIpc) is 2.34. The van der Waals surface area contributed by atoms with E-state index in [0.717, 1.165) is 0 Å². The number of benzene rings is 1. The summed E-state index contributed by atoms with van der Waals surface area (Å²) in [6.07, 6.45) is 3.54. The van der Waals surface area contributed by atoms with Crippen LogP contribution in [-0.2, 0) is 0 Å². The molecule has 0 aromatic heterocycles. The van der Waals surface area contributed by atoms with Gasteiger partial charge in [0.2, 0.25) is 0 Å². The number of methoxy groups -OCH3 is 2.